The molecule has 2 heterocycles. The number of rotatable bonds is 6. The number of halogens is 5. The van der Waals surface area contributed by atoms with Gasteiger partial charge in [-0.3, -0.25) is 4.68 Å². The first-order valence-corrected chi connectivity index (χ1v) is 8.76. The van der Waals surface area contributed by atoms with Crippen molar-refractivity contribution in [2.75, 3.05) is 7.11 Å². The molecule has 3 rings (SSSR count). The predicted molar refractivity (Wildman–Crippen MR) is 95.5 cm³/mol. The van der Waals surface area contributed by atoms with Crippen molar-refractivity contribution in [3.63, 3.8) is 0 Å². The number of alkyl halides is 3. The van der Waals surface area contributed by atoms with Crippen LogP contribution in [0.5, 0.6) is 0 Å². The highest BCUT2D eigenvalue weighted by Crippen LogP contribution is 2.42. The summed E-state index contributed by atoms with van der Waals surface area (Å²) in [6.07, 6.45) is -4.91. The smallest absolute Gasteiger partial charge is 0.391 e. The molecule has 1 N–H and O–H groups in total. The van der Waals surface area contributed by atoms with Crippen LogP contribution in [0.2, 0.25) is 5.02 Å². The average molecular weight is 434 g/mol. The van der Waals surface area contributed by atoms with Crippen LogP contribution in [0.15, 0.2) is 28.9 Å². The van der Waals surface area contributed by atoms with Crippen molar-refractivity contribution >= 4 is 11.6 Å². The second-order valence-corrected chi connectivity index (χ2v) is 6.71. The van der Waals surface area contributed by atoms with E-state index >= 15 is 0 Å². The van der Waals surface area contributed by atoms with E-state index in [4.69, 9.17) is 20.9 Å². The molecule has 0 aliphatic heterocycles. The summed E-state index contributed by atoms with van der Waals surface area (Å²) < 4.78 is 66.5. The summed E-state index contributed by atoms with van der Waals surface area (Å²) in [5, 5.41) is 17.0. The van der Waals surface area contributed by atoms with E-state index in [2.05, 4.69) is 10.3 Å². The Labute approximate surface area is 167 Å². The zero-order chi connectivity index (χ0) is 21.3. The molecule has 0 saturated heterocycles. The third-order valence-corrected chi connectivity index (χ3v) is 4.38. The van der Waals surface area contributed by atoms with Crippen molar-refractivity contribution in [3.8, 4) is 22.6 Å². The topological polar surface area (TPSA) is 73.3 Å². The fraction of sp³-hybridized carbons (Fsp3) is 0.333. The third-order valence-electron chi connectivity index (χ3n) is 4.07. The van der Waals surface area contributed by atoms with E-state index in [1.54, 1.807) is 0 Å². The second-order valence-electron chi connectivity index (χ2n) is 6.30. The Balaban J connectivity index is 2.23. The highest BCUT2D eigenvalue weighted by Gasteiger charge is 2.41. The Morgan fingerprint density at radius 3 is 2.66 bits per heavy atom. The molecule has 0 amide bonds. The molecule has 1 unspecified atom stereocenters. The quantitative estimate of drug-likeness (QED) is 0.578. The molecular weight excluding hydrogens is 418 g/mol. The van der Waals surface area contributed by atoms with Crippen LogP contribution in [0.3, 0.4) is 0 Å². The lowest BCUT2D eigenvalue weighted by Crippen LogP contribution is -2.20. The molecule has 0 aliphatic rings. The van der Waals surface area contributed by atoms with Gasteiger partial charge >= 0.3 is 6.18 Å². The fourth-order valence-corrected chi connectivity index (χ4v) is 3.21. The SMILES string of the molecule is COCc1c(-c2c(F)cccc2Cl)noc1-c1cnn(CC(C)O)c1C(F)(F)F. The van der Waals surface area contributed by atoms with Crippen molar-refractivity contribution in [3.05, 3.63) is 46.5 Å². The summed E-state index contributed by atoms with van der Waals surface area (Å²) in [6.45, 7) is 0.747. The van der Waals surface area contributed by atoms with Gasteiger partial charge in [0.2, 0.25) is 0 Å². The highest BCUT2D eigenvalue weighted by atomic mass is 35.5. The fourth-order valence-electron chi connectivity index (χ4n) is 2.96. The monoisotopic (exact) mass is 433 g/mol. The van der Waals surface area contributed by atoms with E-state index in [9.17, 15) is 22.7 Å². The molecule has 1 atom stereocenters. The van der Waals surface area contributed by atoms with Crippen LogP contribution in [-0.4, -0.2) is 33.3 Å². The van der Waals surface area contributed by atoms with Crippen LogP contribution >= 0.6 is 11.6 Å². The number of benzene rings is 1. The highest BCUT2D eigenvalue weighted by molar-refractivity contribution is 6.33. The van der Waals surface area contributed by atoms with Crippen molar-refractivity contribution in [1.82, 2.24) is 14.9 Å². The lowest BCUT2D eigenvalue weighted by atomic mass is 10.0. The largest absolute Gasteiger partial charge is 0.433 e. The molecule has 156 valence electrons. The zero-order valence-corrected chi connectivity index (χ0v) is 16.1. The predicted octanol–water partition coefficient (Wildman–Crippen LogP) is 4.54. The number of hydrogen-bond donors (Lipinski definition) is 1. The van der Waals surface area contributed by atoms with Gasteiger partial charge < -0.3 is 14.4 Å². The van der Waals surface area contributed by atoms with E-state index in [0.29, 0.717) is 4.68 Å². The number of ether oxygens (including phenoxy) is 1. The summed E-state index contributed by atoms with van der Waals surface area (Å²) in [5.41, 5.74) is -1.63. The summed E-state index contributed by atoms with van der Waals surface area (Å²) in [5.74, 6) is -0.985. The summed E-state index contributed by atoms with van der Waals surface area (Å²) in [6, 6.07) is 3.96. The standard InChI is InChI=1S/C18H16ClF4N3O3/c1-9(27)7-26-17(18(21,22)23)10(6-24-26)16-11(8-28-2)15(25-29-16)14-12(19)4-3-5-13(14)20/h3-6,9,27H,7-8H2,1-2H3. The van der Waals surface area contributed by atoms with Gasteiger partial charge in [0, 0.05) is 7.11 Å². The van der Waals surface area contributed by atoms with Crippen LogP contribution in [-0.2, 0) is 24.1 Å². The normalized spacial score (nSPS) is 13.1. The first-order valence-electron chi connectivity index (χ1n) is 8.38. The molecule has 1 aromatic carbocycles. The van der Waals surface area contributed by atoms with Crippen LogP contribution in [0, 0.1) is 5.82 Å². The van der Waals surface area contributed by atoms with E-state index in [1.165, 1.54) is 26.2 Å². The second kappa shape index (κ2) is 8.13. The van der Waals surface area contributed by atoms with Crippen LogP contribution in [0.25, 0.3) is 22.6 Å². The number of nitrogens with zero attached hydrogens (tertiary/aromatic N) is 3. The molecule has 0 spiro atoms. The number of aromatic nitrogens is 3. The number of methoxy groups -OCH3 is 1. The van der Waals surface area contributed by atoms with Crippen molar-refractivity contribution in [2.24, 2.45) is 0 Å². The van der Waals surface area contributed by atoms with E-state index < -0.39 is 29.4 Å². The van der Waals surface area contributed by atoms with Crippen molar-refractivity contribution in [2.45, 2.75) is 32.4 Å². The Morgan fingerprint density at radius 2 is 2.07 bits per heavy atom. The maximum Gasteiger partial charge on any atom is 0.433 e. The number of aliphatic hydroxyl groups is 1. The van der Waals surface area contributed by atoms with Crippen LogP contribution < -0.4 is 0 Å². The average Bonchev–Trinajstić information content (AvgIpc) is 3.19. The molecule has 3 aromatic rings. The van der Waals surface area contributed by atoms with Crippen molar-refractivity contribution < 1.29 is 31.9 Å². The Hall–Kier alpha value is -2.43. The first-order chi connectivity index (χ1) is 13.6. The van der Waals surface area contributed by atoms with E-state index in [-0.39, 0.29) is 40.8 Å². The molecule has 0 radical (unpaired) electrons. The molecular formula is C18H16ClF4N3O3. The molecule has 29 heavy (non-hydrogen) atoms. The molecule has 2 aromatic heterocycles. The van der Waals surface area contributed by atoms with E-state index in [0.717, 1.165) is 12.3 Å². The number of hydrogen-bond acceptors (Lipinski definition) is 5. The minimum Gasteiger partial charge on any atom is -0.391 e. The summed E-state index contributed by atoms with van der Waals surface area (Å²) in [4.78, 5) is 0. The molecule has 0 fully saturated rings. The van der Waals surface area contributed by atoms with Gasteiger partial charge in [-0.15, -0.1) is 0 Å². The lowest BCUT2D eigenvalue weighted by Gasteiger charge is -2.13. The third kappa shape index (κ3) is 4.14. The van der Waals surface area contributed by atoms with Gasteiger partial charge in [-0.05, 0) is 19.1 Å². The Bertz CT molecular complexity index is 994. The Morgan fingerprint density at radius 1 is 1.34 bits per heavy atom. The molecule has 0 saturated carbocycles. The summed E-state index contributed by atoms with van der Waals surface area (Å²) in [7, 11) is 1.32. The van der Waals surface area contributed by atoms with Crippen LogP contribution in [0.4, 0.5) is 17.6 Å². The molecule has 0 aliphatic carbocycles. The minimum atomic E-state index is -4.80. The number of aliphatic hydroxyl groups excluding tert-OH is 1. The minimum absolute atomic E-state index is 0.0167. The van der Waals surface area contributed by atoms with Gasteiger partial charge in [0.05, 0.1) is 47.2 Å². The summed E-state index contributed by atoms with van der Waals surface area (Å²) >= 11 is 6.07. The van der Waals surface area contributed by atoms with Gasteiger partial charge in [-0.2, -0.15) is 18.3 Å². The maximum absolute atomic E-state index is 14.4. The first kappa shape index (κ1) is 21.3. The van der Waals surface area contributed by atoms with Crippen LogP contribution in [0.1, 0.15) is 18.2 Å². The Kier molecular flexibility index (Phi) is 5.97. The molecule has 6 nitrogen and oxygen atoms in total. The lowest BCUT2D eigenvalue weighted by molar-refractivity contribution is -0.144. The van der Waals surface area contributed by atoms with E-state index in [1.807, 2.05) is 0 Å². The van der Waals surface area contributed by atoms with Gasteiger partial charge in [0.1, 0.15) is 11.5 Å². The van der Waals surface area contributed by atoms with Gasteiger partial charge in [0.15, 0.2) is 11.5 Å². The maximum atomic E-state index is 14.4. The van der Waals surface area contributed by atoms with Gasteiger partial charge in [-0.1, -0.05) is 22.8 Å². The zero-order valence-electron chi connectivity index (χ0n) is 15.3. The van der Waals surface area contributed by atoms with Crippen molar-refractivity contribution in [1.29, 1.82) is 0 Å². The van der Waals surface area contributed by atoms with Gasteiger partial charge in [0.25, 0.3) is 0 Å². The molecule has 0 bridgehead atoms. The molecule has 11 heteroatoms. The van der Waals surface area contributed by atoms with Gasteiger partial charge in [-0.25, -0.2) is 4.39 Å².